The van der Waals surface area contributed by atoms with Crippen LogP contribution < -0.4 is 5.32 Å². The first kappa shape index (κ1) is 15.9. The van der Waals surface area contributed by atoms with Crippen molar-refractivity contribution in [1.82, 2.24) is 5.32 Å². The first-order valence-corrected chi connectivity index (χ1v) is 7.16. The number of amides is 1. The summed E-state index contributed by atoms with van der Waals surface area (Å²) in [5, 5.41) is 3.07. The van der Waals surface area contributed by atoms with Crippen LogP contribution in [-0.4, -0.2) is 33.8 Å². The Balaban J connectivity index is 2.05. The lowest BCUT2D eigenvalue weighted by atomic mass is 10.0. The molecule has 1 aromatic carbocycles. The van der Waals surface area contributed by atoms with Crippen LogP contribution in [0.4, 0.5) is 0 Å². The highest BCUT2D eigenvalue weighted by atomic mass is 16.7. The summed E-state index contributed by atoms with van der Waals surface area (Å²) in [4.78, 5) is 11.8. The molecule has 1 N–H and O–H groups in total. The van der Waals surface area contributed by atoms with Gasteiger partial charge < -0.3 is 19.5 Å². The van der Waals surface area contributed by atoms with E-state index < -0.39 is 0 Å². The van der Waals surface area contributed by atoms with Crippen LogP contribution >= 0.6 is 0 Å². The summed E-state index contributed by atoms with van der Waals surface area (Å²) in [5.41, 5.74) is 3.45. The summed E-state index contributed by atoms with van der Waals surface area (Å²) in [6, 6.07) is 6.26. The van der Waals surface area contributed by atoms with Gasteiger partial charge in [-0.05, 0) is 24.0 Å². The standard InChI is InChI=1S/C16H23NO4/c1-19-9-8-15(18)17-14-7-5-11-10-12(4-6-13(11)14)16(20-2)21-3/h4,6,10,14,16H,5,7-9H2,1-3H3,(H,17,18). The summed E-state index contributed by atoms with van der Waals surface area (Å²) in [5.74, 6) is 0.0328. The summed E-state index contributed by atoms with van der Waals surface area (Å²) in [7, 11) is 4.85. The van der Waals surface area contributed by atoms with E-state index in [-0.39, 0.29) is 18.2 Å². The molecule has 1 aliphatic carbocycles. The Morgan fingerprint density at radius 2 is 2.10 bits per heavy atom. The molecule has 1 aliphatic rings. The SMILES string of the molecule is COCCC(=O)NC1CCc2cc(C(OC)OC)ccc21. The number of carbonyl (C=O) groups is 1. The summed E-state index contributed by atoms with van der Waals surface area (Å²) in [6.45, 7) is 0.452. The molecule has 116 valence electrons. The van der Waals surface area contributed by atoms with Gasteiger partial charge in [-0.3, -0.25) is 4.79 Å². The van der Waals surface area contributed by atoms with Crippen LogP contribution in [0.2, 0.25) is 0 Å². The van der Waals surface area contributed by atoms with Crippen LogP contribution in [0, 0.1) is 0 Å². The predicted octanol–water partition coefficient (Wildman–Crippen LogP) is 2.12. The second kappa shape index (κ2) is 7.54. The van der Waals surface area contributed by atoms with Crippen molar-refractivity contribution >= 4 is 5.91 Å². The molecule has 5 nitrogen and oxygen atoms in total. The lowest BCUT2D eigenvalue weighted by Gasteiger charge is -2.17. The second-order valence-corrected chi connectivity index (χ2v) is 5.16. The molecule has 0 aliphatic heterocycles. The highest BCUT2D eigenvalue weighted by Gasteiger charge is 2.25. The number of rotatable bonds is 7. The maximum absolute atomic E-state index is 11.8. The van der Waals surface area contributed by atoms with Crippen LogP contribution in [0.3, 0.4) is 0 Å². The molecule has 0 radical (unpaired) electrons. The minimum Gasteiger partial charge on any atom is -0.384 e. The molecule has 1 aromatic rings. The van der Waals surface area contributed by atoms with Gasteiger partial charge in [0.05, 0.1) is 12.6 Å². The Hall–Kier alpha value is -1.43. The average Bonchev–Trinajstić information content (AvgIpc) is 2.89. The van der Waals surface area contributed by atoms with Crippen molar-refractivity contribution in [1.29, 1.82) is 0 Å². The smallest absolute Gasteiger partial charge is 0.222 e. The maximum Gasteiger partial charge on any atom is 0.222 e. The van der Waals surface area contributed by atoms with E-state index in [1.807, 2.05) is 6.07 Å². The van der Waals surface area contributed by atoms with Gasteiger partial charge in [0.1, 0.15) is 0 Å². The minimum atomic E-state index is -0.342. The molecule has 0 fully saturated rings. The second-order valence-electron chi connectivity index (χ2n) is 5.16. The van der Waals surface area contributed by atoms with Gasteiger partial charge >= 0.3 is 0 Å². The molecule has 1 unspecified atom stereocenters. The molecule has 0 bridgehead atoms. The number of carbonyl (C=O) groups excluding carboxylic acids is 1. The van der Waals surface area contributed by atoms with Gasteiger partial charge in [0.25, 0.3) is 0 Å². The van der Waals surface area contributed by atoms with Crippen LogP contribution in [0.15, 0.2) is 18.2 Å². The zero-order chi connectivity index (χ0) is 15.2. The lowest BCUT2D eigenvalue weighted by Crippen LogP contribution is -2.27. The van der Waals surface area contributed by atoms with Crippen LogP contribution in [0.25, 0.3) is 0 Å². The third-order valence-electron chi connectivity index (χ3n) is 3.81. The summed E-state index contributed by atoms with van der Waals surface area (Å²) >= 11 is 0. The number of benzene rings is 1. The molecule has 0 spiro atoms. The Kier molecular flexibility index (Phi) is 5.73. The molecule has 0 saturated carbocycles. The molecule has 0 heterocycles. The van der Waals surface area contributed by atoms with Gasteiger partial charge in [-0.15, -0.1) is 0 Å². The van der Waals surface area contributed by atoms with Crippen molar-refractivity contribution < 1.29 is 19.0 Å². The Labute approximate surface area is 125 Å². The molecule has 5 heteroatoms. The minimum absolute atomic E-state index is 0.0328. The fraction of sp³-hybridized carbons (Fsp3) is 0.562. The van der Waals surface area contributed by atoms with Gasteiger partial charge in [-0.1, -0.05) is 18.2 Å². The fourth-order valence-corrected chi connectivity index (χ4v) is 2.76. The molecule has 0 saturated heterocycles. The highest BCUT2D eigenvalue weighted by Crippen LogP contribution is 2.33. The summed E-state index contributed by atoms with van der Waals surface area (Å²) < 4.78 is 15.5. The van der Waals surface area contributed by atoms with E-state index in [0.717, 1.165) is 18.4 Å². The number of ether oxygens (including phenoxy) is 3. The largest absolute Gasteiger partial charge is 0.384 e. The monoisotopic (exact) mass is 293 g/mol. The van der Waals surface area contributed by atoms with Crippen LogP contribution in [-0.2, 0) is 25.4 Å². The lowest BCUT2D eigenvalue weighted by molar-refractivity contribution is -0.122. The third kappa shape index (κ3) is 3.81. The molecular weight excluding hydrogens is 270 g/mol. The number of nitrogens with one attached hydrogen (secondary N) is 1. The van der Waals surface area contributed by atoms with E-state index in [0.29, 0.717) is 13.0 Å². The highest BCUT2D eigenvalue weighted by molar-refractivity contribution is 5.76. The van der Waals surface area contributed by atoms with Gasteiger partial charge in [0, 0.05) is 33.3 Å². The number of fused-ring (bicyclic) bond motifs is 1. The van der Waals surface area contributed by atoms with Crippen molar-refractivity contribution in [3.8, 4) is 0 Å². The van der Waals surface area contributed by atoms with Gasteiger partial charge in [0.2, 0.25) is 5.91 Å². The zero-order valence-corrected chi connectivity index (χ0v) is 12.8. The van der Waals surface area contributed by atoms with Crippen molar-refractivity contribution in [2.45, 2.75) is 31.6 Å². The van der Waals surface area contributed by atoms with E-state index in [2.05, 4.69) is 17.4 Å². The maximum atomic E-state index is 11.8. The van der Waals surface area contributed by atoms with Crippen molar-refractivity contribution in [3.05, 3.63) is 34.9 Å². The van der Waals surface area contributed by atoms with Gasteiger partial charge in [0.15, 0.2) is 6.29 Å². The summed E-state index contributed by atoms with van der Waals surface area (Å²) in [6.07, 6.45) is 1.95. The van der Waals surface area contributed by atoms with Gasteiger partial charge in [-0.2, -0.15) is 0 Å². The van der Waals surface area contributed by atoms with Crippen molar-refractivity contribution in [2.24, 2.45) is 0 Å². The van der Waals surface area contributed by atoms with Gasteiger partial charge in [-0.25, -0.2) is 0 Å². The number of hydrogen-bond donors (Lipinski definition) is 1. The van der Waals surface area contributed by atoms with Crippen LogP contribution in [0.1, 0.15) is 41.9 Å². The van der Waals surface area contributed by atoms with E-state index in [1.165, 1.54) is 11.1 Å². The van der Waals surface area contributed by atoms with E-state index in [1.54, 1.807) is 21.3 Å². The number of aryl methyl sites for hydroxylation is 1. The normalized spacial score (nSPS) is 17.0. The zero-order valence-electron chi connectivity index (χ0n) is 12.8. The quantitative estimate of drug-likeness (QED) is 0.782. The molecule has 1 atom stereocenters. The van der Waals surface area contributed by atoms with Crippen LogP contribution in [0.5, 0.6) is 0 Å². The molecule has 2 rings (SSSR count). The third-order valence-corrected chi connectivity index (χ3v) is 3.81. The average molecular weight is 293 g/mol. The topological polar surface area (TPSA) is 56.8 Å². The Bertz CT molecular complexity index is 485. The molecule has 0 aromatic heterocycles. The molecule has 1 amide bonds. The van der Waals surface area contributed by atoms with E-state index in [4.69, 9.17) is 14.2 Å². The Morgan fingerprint density at radius 1 is 1.33 bits per heavy atom. The number of hydrogen-bond acceptors (Lipinski definition) is 4. The Morgan fingerprint density at radius 3 is 2.76 bits per heavy atom. The first-order valence-electron chi connectivity index (χ1n) is 7.16. The molecule has 21 heavy (non-hydrogen) atoms. The first-order chi connectivity index (χ1) is 10.2. The number of methoxy groups -OCH3 is 3. The fourth-order valence-electron chi connectivity index (χ4n) is 2.76. The van der Waals surface area contributed by atoms with E-state index in [9.17, 15) is 4.79 Å². The molecular formula is C16H23NO4. The van der Waals surface area contributed by atoms with E-state index >= 15 is 0 Å². The van der Waals surface area contributed by atoms with Crippen molar-refractivity contribution in [2.75, 3.05) is 27.9 Å². The van der Waals surface area contributed by atoms with Crippen molar-refractivity contribution in [3.63, 3.8) is 0 Å². The predicted molar refractivity (Wildman–Crippen MR) is 78.9 cm³/mol.